The number of nitrogens with zero attached hydrogens (tertiary/aromatic N) is 3. The van der Waals surface area contributed by atoms with Gasteiger partial charge in [0, 0.05) is 17.0 Å². The summed E-state index contributed by atoms with van der Waals surface area (Å²) in [7, 11) is 0. The monoisotopic (exact) mass is 467 g/mol. The maximum absolute atomic E-state index is 13.5. The number of halogens is 1. The lowest BCUT2D eigenvalue weighted by atomic mass is 9.97. The molecule has 33 heavy (non-hydrogen) atoms. The van der Waals surface area contributed by atoms with E-state index in [-0.39, 0.29) is 30.5 Å². The first kappa shape index (κ1) is 23.5. The third-order valence-corrected chi connectivity index (χ3v) is 6.65. The number of esters is 1. The second kappa shape index (κ2) is 10.5. The Morgan fingerprint density at radius 1 is 1.12 bits per heavy atom. The van der Waals surface area contributed by atoms with Gasteiger partial charge in [0.15, 0.2) is 0 Å². The number of carbonyl (C=O) groups is 2. The largest absolute Gasteiger partial charge is 0.465 e. The lowest BCUT2D eigenvalue weighted by Crippen LogP contribution is -2.49. The van der Waals surface area contributed by atoms with E-state index < -0.39 is 0 Å². The molecule has 7 heteroatoms. The van der Waals surface area contributed by atoms with Crippen molar-refractivity contribution >= 4 is 29.2 Å². The van der Waals surface area contributed by atoms with Crippen LogP contribution in [0.3, 0.4) is 0 Å². The normalized spacial score (nSPS) is 21.1. The first-order valence-electron chi connectivity index (χ1n) is 11.6. The number of amides is 1. The van der Waals surface area contributed by atoms with Crippen LogP contribution in [0.4, 0.5) is 0 Å². The van der Waals surface area contributed by atoms with Crippen LogP contribution in [0.5, 0.6) is 0 Å². The number of carbonyl (C=O) groups excluding carboxylic acids is 2. The van der Waals surface area contributed by atoms with Crippen LogP contribution in [0.2, 0.25) is 5.02 Å². The molecule has 2 aromatic rings. The van der Waals surface area contributed by atoms with E-state index in [4.69, 9.17) is 21.4 Å². The quantitative estimate of drug-likeness (QED) is 0.575. The molecular weight excluding hydrogens is 438 g/mol. The van der Waals surface area contributed by atoms with Gasteiger partial charge in [-0.05, 0) is 44.9 Å². The summed E-state index contributed by atoms with van der Waals surface area (Å²) in [5.74, 6) is -0.374. The molecule has 0 bridgehead atoms. The highest BCUT2D eigenvalue weighted by molar-refractivity contribution is 6.34. The topological polar surface area (TPSA) is 62.2 Å². The molecule has 2 aliphatic heterocycles. The van der Waals surface area contributed by atoms with E-state index in [0.29, 0.717) is 31.0 Å². The molecule has 2 aliphatic rings. The fraction of sp³-hybridized carbons (Fsp3) is 0.423. The number of likely N-dealkylation sites (tertiary alicyclic amines) is 1. The van der Waals surface area contributed by atoms with E-state index in [1.807, 2.05) is 60.4 Å². The Morgan fingerprint density at radius 3 is 2.61 bits per heavy atom. The molecule has 174 valence electrons. The van der Waals surface area contributed by atoms with E-state index in [0.717, 1.165) is 35.2 Å². The Morgan fingerprint density at radius 2 is 1.88 bits per heavy atom. The zero-order valence-corrected chi connectivity index (χ0v) is 19.9. The van der Waals surface area contributed by atoms with Gasteiger partial charge in [0.2, 0.25) is 0 Å². The lowest BCUT2D eigenvalue weighted by Gasteiger charge is -2.34. The summed E-state index contributed by atoms with van der Waals surface area (Å²) in [5, 5.41) is 6.94. The summed E-state index contributed by atoms with van der Waals surface area (Å²) in [5.41, 5.74) is 3.82. The number of aryl methyl sites for hydroxylation is 1. The molecule has 0 aromatic heterocycles. The molecule has 0 N–H and O–H groups in total. The molecule has 2 aromatic carbocycles. The number of hydrazone groups is 1. The van der Waals surface area contributed by atoms with Gasteiger partial charge in [-0.3, -0.25) is 14.5 Å². The van der Waals surface area contributed by atoms with E-state index >= 15 is 0 Å². The van der Waals surface area contributed by atoms with Crippen LogP contribution in [-0.4, -0.2) is 53.2 Å². The number of hydrogen-bond acceptors (Lipinski definition) is 5. The third-order valence-electron chi connectivity index (χ3n) is 6.32. The third kappa shape index (κ3) is 5.28. The average Bonchev–Trinajstić information content (AvgIpc) is 3.26. The van der Waals surface area contributed by atoms with E-state index in [1.54, 1.807) is 11.9 Å². The molecule has 6 nitrogen and oxygen atoms in total. The second-order valence-corrected chi connectivity index (χ2v) is 9.04. The molecule has 2 atom stereocenters. The van der Waals surface area contributed by atoms with Crippen molar-refractivity contribution < 1.29 is 14.3 Å². The van der Waals surface area contributed by atoms with Crippen LogP contribution in [0.15, 0.2) is 53.6 Å². The number of rotatable bonds is 6. The van der Waals surface area contributed by atoms with Crippen LogP contribution < -0.4 is 0 Å². The number of benzene rings is 2. The second-order valence-electron chi connectivity index (χ2n) is 8.63. The van der Waals surface area contributed by atoms with Gasteiger partial charge < -0.3 is 4.74 Å². The summed E-state index contributed by atoms with van der Waals surface area (Å²) in [6.45, 7) is 5.01. The first-order valence-corrected chi connectivity index (χ1v) is 12.0. The minimum Gasteiger partial charge on any atom is -0.465 e. The fourth-order valence-corrected chi connectivity index (χ4v) is 4.82. The average molecular weight is 468 g/mol. The van der Waals surface area contributed by atoms with Gasteiger partial charge in [-0.1, -0.05) is 66.0 Å². The van der Waals surface area contributed by atoms with Gasteiger partial charge in [0.25, 0.3) is 5.91 Å². The van der Waals surface area contributed by atoms with Gasteiger partial charge in [0.05, 0.1) is 24.9 Å². The predicted molar refractivity (Wildman–Crippen MR) is 129 cm³/mol. The Balaban J connectivity index is 1.60. The maximum Gasteiger partial charge on any atom is 0.323 e. The Kier molecular flexibility index (Phi) is 7.46. The maximum atomic E-state index is 13.5. The van der Waals surface area contributed by atoms with Crippen molar-refractivity contribution in [1.29, 1.82) is 0 Å². The van der Waals surface area contributed by atoms with Crippen LogP contribution >= 0.6 is 11.6 Å². The molecule has 1 fully saturated rings. The minimum absolute atomic E-state index is 0.126. The predicted octanol–water partition coefficient (Wildman–Crippen LogP) is 4.74. The standard InChI is InChI=1S/C26H30ClN3O3/c1-3-33-26(32)23-10-6-7-15-29(23)17-25(31)30-24(19-13-11-18(2)12-14-19)16-22(28-30)20-8-4-5-9-21(20)27/h4-5,8-9,11-14,23-24H,3,6-7,10,15-17H2,1-2H3/t23-,24+/m0/s1. The first-order chi connectivity index (χ1) is 16.0. The van der Waals surface area contributed by atoms with Crippen molar-refractivity contribution in [1.82, 2.24) is 9.91 Å². The molecule has 0 aliphatic carbocycles. The van der Waals surface area contributed by atoms with E-state index in [9.17, 15) is 9.59 Å². The fourth-order valence-electron chi connectivity index (χ4n) is 4.58. The van der Waals surface area contributed by atoms with Gasteiger partial charge in [-0.15, -0.1) is 0 Å². The number of hydrogen-bond donors (Lipinski definition) is 0. The zero-order valence-electron chi connectivity index (χ0n) is 19.2. The summed E-state index contributed by atoms with van der Waals surface area (Å²) in [6, 6.07) is 15.2. The lowest BCUT2D eigenvalue weighted by molar-refractivity contribution is -0.152. The van der Waals surface area contributed by atoms with Crippen molar-refractivity contribution in [3.63, 3.8) is 0 Å². The minimum atomic E-state index is -0.380. The molecule has 0 saturated carbocycles. The highest BCUT2D eigenvalue weighted by Gasteiger charge is 2.37. The van der Waals surface area contributed by atoms with Crippen molar-refractivity contribution in [2.45, 2.75) is 51.6 Å². The summed E-state index contributed by atoms with van der Waals surface area (Å²) >= 11 is 6.44. The van der Waals surface area contributed by atoms with Crippen molar-refractivity contribution in [2.24, 2.45) is 5.10 Å². The molecule has 0 spiro atoms. The number of ether oxygens (including phenoxy) is 1. The zero-order chi connectivity index (χ0) is 23.4. The smallest absolute Gasteiger partial charge is 0.323 e. The molecule has 0 unspecified atom stereocenters. The van der Waals surface area contributed by atoms with Gasteiger partial charge in [-0.2, -0.15) is 5.10 Å². The van der Waals surface area contributed by atoms with Gasteiger partial charge >= 0.3 is 5.97 Å². The SMILES string of the molecule is CCOC(=O)[C@@H]1CCCCN1CC(=O)N1N=C(c2ccccc2Cl)C[C@@H]1c1ccc(C)cc1. The molecule has 1 amide bonds. The van der Waals surface area contributed by atoms with Crippen LogP contribution in [0.25, 0.3) is 0 Å². The van der Waals surface area contributed by atoms with Gasteiger partial charge in [-0.25, -0.2) is 5.01 Å². The van der Waals surface area contributed by atoms with Crippen molar-refractivity contribution in [3.8, 4) is 0 Å². The Bertz CT molecular complexity index is 1040. The van der Waals surface area contributed by atoms with E-state index in [1.165, 1.54) is 0 Å². The molecule has 0 radical (unpaired) electrons. The molecule has 1 saturated heterocycles. The highest BCUT2D eigenvalue weighted by Crippen LogP contribution is 2.35. The summed E-state index contributed by atoms with van der Waals surface area (Å²) in [6.07, 6.45) is 3.21. The van der Waals surface area contributed by atoms with E-state index in [2.05, 4.69) is 0 Å². The highest BCUT2D eigenvalue weighted by atomic mass is 35.5. The van der Waals surface area contributed by atoms with Gasteiger partial charge in [0.1, 0.15) is 6.04 Å². The molecule has 4 rings (SSSR count). The Labute approximate surface area is 200 Å². The van der Waals surface area contributed by atoms with Crippen molar-refractivity contribution in [3.05, 3.63) is 70.2 Å². The molecular formula is C26H30ClN3O3. The van der Waals surface area contributed by atoms with Crippen LogP contribution in [-0.2, 0) is 14.3 Å². The van der Waals surface area contributed by atoms with Crippen LogP contribution in [0.1, 0.15) is 55.3 Å². The molecule has 2 heterocycles. The summed E-state index contributed by atoms with van der Waals surface area (Å²) < 4.78 is 5.26. The Hall–Kier alpha value is -2.70. The van der Waals surface area contributed by atoms with Crippen LogP contribution in [0, 0.1) is 6.92 Å². The number of piperidine rings is 1. The summed E-state index contributed by atoms with van der Waals surface area (Å²) in [4.78, 5) is 28.0. The van der Waals surface area contributed by atoms with Crippen molar-refractivity contribution in [2.75, 3.05) is 19.7 Å².